The van der Waals surface area contributed by atoms with Crippen LogP contribution in [0.4, 0.5) is 0 Å². The summed E-state index contributed by atoms with van der Waals surface area (Å²) in [5.41, 5.74) is 0. The van der Waals surface area contributed by atoms with Crippen molar-refractivity contribution in [3.63, 3.8) is 0 Å². The highest BCUT2D eigenvalue weighted by molar-refractivity contribution is 8.27. The fourth-order valence-electron chi connectivity index (χ4n) is 1.20. The van der Waals surface area contributed by atoms with E-state index in [2.05, 4.69) is 9.71 Å². The van der Waals surface area contributed by atoms with Crippen molar-refractivity contribution in [3.8, 4) is 11.6 Å². The summed E-state index contributed by atoms with van der Waals surface area (Å²) in [4.78, 5) is 15.5. The van der Waals surface area contributed by atoms with Crippen LogP contribution in [0.15, 0.2) is 18.3 Å². The van der Waals surface area contributed by atoms with Gasteiger partial charge in [-0.15, -0.1) is 0 Å². The Morgan fingerprint density at radius 3 is 2.75 bits per heavy atom. The van der Waals surface area contributed by atoms with E-state index in [0.717, 1.165) is 0 Å². The fourth-order valence-corrected chi connectivity index (χ4v) is 1.82. The first-order valence-corrected chi connectivity index (χ1v) is 8.86. The summed E-state index contributed by atoms with van der Waals surface area (Å²) >= 11 is 5.00. The van der Waals surface area contributed by atoms with Gasteiger partial charge in [-0.3, -0.25) is 9.52 Å². The quantitative estimate of drug-likeness (QED) is 0.693. The zero-order chi connectivity index (χ0) is 15.0. The van der Waals surface area contributed by atoms with Crippen LogP contribution in [-0.4, -0.2) is 36.8 Å². The van der Waals surface area contributed by atoms with Gasteiger partial charge in [-0.25, -0.2) is 4.98 Å². The molecule has 0 bridgehead atoms. The van der Waals surface area contributed by atoms with Gasteiger partial charge in [0.15, 0.2) is 5.78 Å². The van der Waals surface area contributed by atoms with Crippen molar-refractivity contribution in [2.24, 2.45) is 5.92 Å². The Kier molecular flexibility index (Phi) is 7.64. The Morgan fingerprint density at radius 2 is 2.20 bits per heavy atom. The van der Waals surface area contributed by atoms with E-state index in [-0.39, 0.29) is 27.9 Å². The number of nitrogens with one attached hydrogen (secondary N) is 1. The van der Waals surface area contributed by atoms with Gasteiger partial charge in [0, 0.05) is 18.5 Å². The van der Waals surface area contributed by atoms with E-state index in [1.807, 2.05) is 20.1 Å². The van der Waals surface area contributed by atoms with Gasteiger partial charge in [-0.1, -0.05) is 23.5 Å². The Balaban J connectivity index is 2.33. The summed E-state index contributed by atoms with van der Waals surface area (Å²) in [6.45, 7) is 4.96. The minimum Gasteiger partial charge on any atom is -0.484 e. The second kappa shape index (κ2) is 8.99. The summed E-state index contributed by atoms with van der Waals surface area (Å²) in [5, 5.41) is 0. The number of hydrogen-bond donors (Lipinski definition) is 1. The van der Waals surface area contributed by atoms with Crippen molar-refractivity contribution in [1.82, 2.24) is 9.71 Å². The molecule has 0 saturated heterocycles. The van der Waals surface area contributed by atoms with Crippen LogP contribution in [0.5, 0.6) is 11.6 Å². The van der Waals surface area contributed by atoms with Crippen molar-refractivity contribution in [1.29, 1.82) is 0 Å². The number of carbonyl (C=O) groups excluding carboxylic acids is 1. The van der Waals surface area contributed by atoms with Crippen LogP contribution in [0.1, 0.15) is 13.8 Å². The minimum absolute atomic E-state index is 0.0226. The molecule has 0 amide bonds. The number of ketones is 1. The lowest BCUT2D eigenvalue weighted by atomic mass is 10.1. The maximum atomic E-state index is 11.4. The van der Waals surface area contributed by atoms with Crippen molar-refractivity contribution in [2.45, 2.75) is 13.8 Å². The molecule has 1 atom stereocenters. The number of Topliss-reactive ketones (excluding diaryl/α,β-unsaturated/α-hetero) is 1. The third kappa shape index (κ3) is 6.93. The number of pyridine rings is 1. The van der Waals surface area contributed by atoms with Crippen LogP contribution in [0, 0.1) is 5.92 Å². The van der Waals surface area contributed by atoms with E-state index in [1.165, 1.54) is 0 Å². The molecule has 1 N–H and O–H groups in total. The summed E-state index contributed by atoms with van der Waals surface area (Å²) in [7, 11) is -0.207. The average Bonchev–Trinajstić information content (AvgIpc) is 2.42. The van der Waals surface area contributed by atoms with Crippen LogP contribution in [0.3, 0.4) is 0 Å². The predicted octanol–water partition coefficient (Wildman–Crippen LogP) is 1.28. The summed E-state index contributed by atoms with van der Waals surface area (Å²) in [6, 6.07) is 3.45. The Labute approximate surface area is 126 Å². The van der Waals surface area contributed by atoms with Gasteiger partial charge >= 0.3 is 0 Å². The molecular formula is C13H20N2O3S2. The van der Waals surface area contributed by atoms with Gasteiger partial charge in [0.1, 0.15) is 19.0 Å². The van der Waals surface area contributed by atoms with E-state index in [0.29, 0.717) is 24.8 Å². The van der Waals surface area contributed by atoms with E-state index in [4.69, 9.17) is 20.7 Å². The molecule has 1 unspecified atom stereocenters. The molecule has 1 aromatic heterocycles. The van der Waals surface area contributed by atoms with Crippen molar-refractivity contribution in [2.75, 3.05) is 26.0 Å². The van der Waals surface area contributed by atoms with Gasteiger partial charge < -0.3 is 9.47 Å². The molecule has 0 aliphatic carbocycles. The second-order valence-electron chi connectivity index (χ2n) is 4.44. The number of carbonyl (C=O) groups is 1. The fraction of sp³-hybridized carbons (Fsp3) is 0.538. The highest BCUT2D eigenvalue weighted by Crippen LogP contribution is 2.14. The van der Waals surface area contributed by atoms with Crippen LogP contribution in [-0.2, 0) is 25.6 Å². The molecule has 0 radical (unpaired) electrons. The molecule has 0 spiro atoms. The SMILES string of the molecule is CC(C)C(=O)COc1ccc(OCCNS(C)=S)nc1. The number of hydrogen-bond acceptors (Lipinski definition) is 5. The first-order valence-electron chi connectivity index (χ1n) is 6.30. The highest BCUT2D eigenvalue weighted by Gasteiger charge is 2.08. The molecule has 1 heterocycles. The van der Waals surface area contributed by atoms with E-state index in [1.54, 1.807) is 18.3 Å². The Morgan fingerprint density at radius 1 is 1.45 bits per heavy atom. The van der Waals surface area contributed by atoms with Crippen LogP contribution < -0.4 is 14.2 Å². The van der Waals surface area contributed by atoms with Gasteiger partial charge in [0.05, 0.1) is 6.20 Å². The minimum atomic E-state index is -0.207. The molecule has 0 aromatic carbocycles. The van der Waals surface area contributed by atoms with Crippen molar-refractivity contribution < 1.29 is 14.3 Å². The van der Waals surface area contributed by atoms with E-state index >= 15 is 0 Å². The number of aromatic nitrogens is 1. The van der Waals surface area contributed by atoms with Gasteiger partial charge in [-0.05, 0) is 23.5 Å². The maximum Gasteiger partial charge on any atom is 0.213 e. The molecular weight excluding hydrogens is 296 g/mol. The monoisotopic (exact) mass is 316 g/mol. The third-order valence-electron chi connectivity index (χ3n) is 2.39. The molecule has 7 heteroatoms. The molecule has 0 fully saturated rings. The molecule has 1 rings (SSSR count). The standard InChI is InChI=1S/C13H20N2O3S2/c1-10(2)12(16)9-18-11-4-5-13(14-8-11)17-7-6-15-20(3)19/h4-5,8,10,15H,6-7,9H2,1-3H3. The number of rotatable bonds is 9. The van der Waals surface area contributed by atoms with Gasteiger partial charge in [-0.2, -0.15) is 0 Å². The molecule has 20 heavy (non-hydrogen) atoms. The lowest BCUT2D eigenvalue weighted by Crippen LogP contribution is -2.21. The largest absolute Gasteiger partial charge is 0.484 e. The predicted molar refractivity (Wildman–Crippen MR) is 83.7 cm³/mol. The third-order valence-corrected chi connectivity index (χ3v) is 3.36. The molecule has 0 aliphatic rings. The summed E-state index contributed by atoms with van der Waals surface area (Å²) in [5.74, 6) is 1.13. The highest BCUT2D eigenvalue weighted by atomic mass is 32.8. The van der Waals surface area contributed by atoms with Crippen LogP contribution in [0.2, 0.25) is 0 Å². The Hall–Kier alpha value is -1.05. The van der Waals surface area contributed by atoms with Crippen LogP contribution in [0.25, 0.3) is 0 Å². The Bertz CT molecular complexity index is 449. The maximum absolute atomic E-state index is 11.4. The van der Waals surface area contributed by atoms with Crippen molar-refractivity contribution in [3.05, 3.63) is 18.3 Å². The summed E-state index contributed by atoms with van der Waals surface area (Å²) in [6.07, 6.45) is 3.48. The molecule has 1 aromatic rings. The zero-order valence-corrected chi connectivity index (χ0v) is 13.6. The lowest BCUT2D eigenvalue weighted by Gasteiger charge is -2.09. The molecule has 112 valence electrons. The molecule has 0 saturated carbocycles. The van der Waals surface area contributed by atoms with Crippen LogP contribution >= 0.6 is 0 Å². The topological polar surface area (TPSA) is 60.5 Å². The molecule has 0 aliphatic heterocycles. The van der Waals surface area contributed by atoms with E-state index < -0.39 is 0 Å². The number of ether oxygens (including phenoxy) is 2. The number of nitrogens with zero attached hydrogens (tertiary/aromatic N) is 1. The van der Waals surface area contributed by atoms with Gasteiger partial charge in [0.2, 0.25) is 5.88 Å². The van der Waals surface area contributed by atoms with E-state index in [9.17, 15) is 4.79 Å². The van der Waals surface area contributed by atoms with Crippen molar-refractivity contribution >= 4 is 26.6 Å². The zero-order valence-electron chi connectivity index (χ0n) is 11.9. The first-order chi connectivity index (χ1) is 9.49. The normalized spacial score (nSPS) is 12.2. The second-order valence-corrected chi connectivity index (χ2v) is 7.14. The van der Waals surface area contributed by atoms with Gasteiger partial charge in [0.25, 0.3) is 0 Å². The average molecular weight is 316 g/mol. The lowest BCUT2D eigenvalue weighted by molar-refractivity contribution is -0.123. The smallest absolute Gasteiger partial charge is 0.213 e. The molecule has 5 nitrogen and oxygen atoms in total. The first kappa shape index (κ1) is 17.0. The summed E-state index contributed by atoms with van der Waals surface area (Å²) < 4.78 is 13.9.